The highest BCUT2D eigenvalue weighted by molar-refractivity contribution is 7.81. The number of nitrogens with zero attached hydrogens (tertiary/aromatic N) is 2. The van der Waals surface area contributed by atoms with Gasteiger partial charge in [0.2, 0.25) is 0 Å². The van der Waals surface area contributed by atoms with Gasteiger partial charge in [0, 0.05) is 34.7 Å². The number of hydrogen-bond acceptors (Lipinski definition) is 6. The molecule has 0 radical (unpaired) electrons. The van der Waals surface area contributed by atoms with Crippen molar-refractivity contribution in [1.29, 1.82) is 0 Å². The van der Waals surface area contributed by atoms with Crippen LogP contribution in [0, 0.1) is 0 Å². The highest BCUT2D eigenvalue weighted by Gasteiger charge is 2.06. The van der Waals surface area contributed by atoms with E-state index in [-0.39, 0.29) is 0 Å². The number of rotatable bonds is 5. The van der Waals surface area contributed by atoms with Crippen molar-refractivity contribution in [2.75, 3.05) is 15.4 Å². The third-order valence-electron chi connectivity index (χ3n) is 3.78. The van der Waals surface area contributed by atoms with E-state index in [1.54, 1.807) is 6.20 Å². The molecule has 0 aliphatic carbocycles. The molecule has 0 saturated carbocycles. The Morgan fingerprint density at radius 2 is 1.64 bits per heavy atom. The molecule has 4 rings (SSSR count). The summed E-state index contributed by atoms with van der Waals surface area (Å²) in [6.07, 6.45) is 1.75. The third-order valence-corrected chi connectivity index (χ3v) is 4.04. The molecule has 0 aliphatic heterocycles. The van der Waals surface area contributed by atoms with Crippen LogP contribution in [0.25, 0.3) is 10.9 Å². The number of benzene rings is 2. The van der Waals surface area contributed by atoms with Gasteiger partial charge in [0.05, 0.1) is 5.52 Å². The summed E-state index contributed by atoms with van der Waals surface area (Å²) < 4.78 is 2.80. The van der Waals surface area contributed by atoms with E-state index in [1.165, 1.54) is 0 Å². The number of para-hydroxylation sites is 1. The van der Waals surface area contributed by atoms with E-state index in [4.69, 9.17) is 0 Å². The molecule has 0 spiro atoms. The topological polar surface area (TPSA) is 77.7 Å². The molecule has 4 aromatic rings. The van der Waals surface area contributed by atoms with Gasteiger partial charge < -0.3 is 15.4 Å². The summed E-state index contributed by atoms with van der Waals surface area (Å²) in [5, 5.41) is 15.0. The van der Waals surface area contributed by atoms with E-state index in [1.807, 2.05) is 60.7 Å². The van der Waals surface area contributed by atoms with Gasteiger partial charge in [-0.15, -0.1) is 0 Å². The van der Waals surface area contributed by atoms with Crippen LogP contribution in [-0.4, -0.2) is 15.2 Å². The number of anilines is 5. The molecular weight excluding hydrogens is 332 g/mol. The van der Waals surface area contributed by atoms with Crippen molar-refractivity contribution in [2.45, 2.75) is 0 Å². The van der Waals surface area contributed by atoms with Crippen LogP contribution < -0.4 is 15.4 Å². The predicted octanol–water partition coefficient (Wildman–Crippen LogP) is 4.70. The second kappa shape index (κ2) is 6.74. The number of thiol groups is 1. The molecule has 6 nitrogen and oxygen atoms in total. The highest BCUT2D eigenvalue weighted by Crippen LogP contribution is 2.25. The molecule has 7 heteroatoms. The third kappa shape index (κ3) is 3.36. The summed E-state index contributed by atoms with van der Waals surface area (Å²) in [5.41, 5.74) is 3.78. The second-order valence-electron chi connectivity index (χ2n) is 5.49. The Morgan fingerprint density at radius 3 is 2.48 bits per heavy atom. The lowest BCUT2D eigenvalue weighted by Gasteiger charge is -2.09. The smallest absolute Gasteiger partial charge is 0.160 e. The van der Waals surface area contributed by atoms with Gasteiger partial charge in [-0.3, -0.25) is 5.10 Å². The van der Waals surface area contributed by atoms with Crippen molar-refractivity contribution in [2.24, 2.45) is 0 Å². The Hall–Kier alpha value is -3.19. The first-order valence-electron chi connectivity index (χ1n) is 7.75. The lowest BCUT2D eigenvalue weighted by molar-refractivity contribution is 1.12. The molecule has 2 aromatic heterocycles. The van der Waals surface area contributed by atoms with Crippen molar-refractivity contribution < 1.29 is 0 Å². The molecule has 4 N–H and O–H groups in total. The van der Waals surface area contributed by atoms with E-state index >= 15 is 0 Å². The number of aromatic amines is 1. The molecule has 0 fully saturated rings. The number of hydrogen-bond donors (Lipinski definition) is 5. The normalized spacial score (nSPS) is 10.6. The number of H-pyrrole nitrogens is 1. The van der Waals surface area contributed by atoms with Crippen LogP contribution in [0.5, 0.6) is 0 Å². The quantitative estimate of drug-likeness (QED) is 0.338. The lowest BCUT2D eigenvalue weighted by atomic mass is 10.2. The lowest BCUT2D eigenvalue weighted by Crippen LogP contribution is -1.96. The number of pyridine rings is 1. The molecule has 0 atom stereocenters. The summed E-state index contributed by atoms with van der Waals surface area (Å²) in [6, 6.07) is 19.6. The van der Waals surface area contributed by atoms with Gasteiger partial charge in [-0.1, -0.05) is 24.9 Å². The maximum Gasteiger partial charge on any atom is 0.160 e. The van der Waals surface area contributed by atoms with Crippen LogP contribution >= 0.6 is 12.8 Å². The molecule has 2 aromatic carbocycles. The first-order valence-corrected chi connectivity index (χ1v) is 8.20. The van der Waals surface area contributed by atoms with Gasteiger partial charge in [0.25, 0.3) is 0 Å². The molecule has 0 unspecified atom stereocenters. The minimum Gasteiger partial charge on any atom is -0.340 e. The zero-order chi connectivity index (χ0) is 17.1. The number of nitrogens with one attached hydrogen (secondary N) is 4. The highest BCUT2D eigenvalue weighted by atomic mass is 32.1. The molecule has 124 valence electrons. The average Bonchev–Trinajstić information content (AvgIpc) is 3.06. The van der Waals surface area contributed by atoms with Crippen LogP contribution in [0.2, 0.25) is 0 Å². The zero-order valence-electron chi connectivity index (χ0n) is 13.2. The van der Waals surface area contributed by atoms with Crippen LogP contribution in [0.4, 0.5) is 28.7 Å². The Balaban J connectivity index is 1.54. The van der Waals surface area contributed by atoms with Crippen molar-refractivity contribution in [1.82, 2.24) is 15.2 Å². The summed E-state index contributed by atoms with van der Waals surface area (Å²) in [7, 11) is 0. The second-order valence-corrected chi connectivity index (χ2v) is 5.71. The largest absolute Gasteiger partial charge is 0.340 e. The molecular formula is C18H16N6S. The van der Waals surface area contributed by atoms with E-state index in [2.05, 4.69) is 43.4 Å². The molecule has 0 aliphatic rings. The molecule has 25 heavy (non-hydrogen) atoms. The summed E-state index contributed by atoms with van der Waals surface area (Å²) in [6.45, 7) is 0. The van der Waals surface area contributed by atoms with Crippen molar-refractivity contribution in [3.8, 4) is 0 Å². The van der Waals surface area contributed by atoms with Crippen LogP contribution in [-0.2, 0) is 0 Å². The number of fused-ring (bicyclic) bond motifs is 1. The first kappa shape index (κ1) is 15.3. The maximum atomic E-state index is 4.36. The molecule has 0 amide bonds. The Bertz CT molecular complexity index is 996. The monoisotopic (exact) mass is 348 g/mol. The first-order chi connectivity index (χ1) is 12.3. The molecule has 0 bridgehead atoms. The van der Waals surface area contributed by atoms with Gasteiger partial charge in [-0.2, -0.15) is 5.10 Å². The summed E-state index contributed by atoms with van der Waals surface area (Å²) >= 11 is 4.02. The average molecular weight is 348 g/mol. The van der Waals surface area contributed by atoms with Gasteiger partial charge >= 0.3 is 0 Å². The van der Waals surface area contributed by atoms with Crippen molar-refractivity contribution in [3.05, 3.63) is 66.9 Å². The van der Waals surface area contributed by atoms with Crippen molar-refractivity contribution >= 4 is 52.4 Å². The summed E-state index contributed by atoms with van der Waals surface area (Å²) in [5.74, 6) is 1.54. The van der Waals surface area contributed by atoms with E-state index < -0.39 is 0 Å². The molecule has 2 heterocycles. The van der Waals surface area contributed by atoms with Gasteiger partial charge in [0.1, 0.15) is 5.82 Å². The van der Waals surface area contributed by atoms with Gasteiger partial charge in [-0.25, -0.2) is 4.98 Å². The maximum absolute atomic E-state index is 4.36. The summed E-state index contributed by atoms with van der Waals surface area (Å²) in [4.78, 5) is 4.36. The van der Waals surface area contributed by atoms with E-state index in [0.717, 1.165) is 39.6 Å². The Labute approximate surface area is 150 Å². The molecule has 0 saturated heterocycles. The van der Waals surface area contributed by atoms with Gasteiger partial charge in [-0.05, 0) is 42.5 Å². The van der Waals surface area contributed by atoms with Crippen LogP contribution in [0.1, 0.15) is 0 Å². The van der Waals surface area contributed by atoms with Crippen LogP contribution in [0.15, 0.2) is 66.9 Å². The Kier molecular flexibility index (Phi) is 4.14. The predicted molar refractivity (Wildman–Crippen MR) is 106 cm³/mol. The fraction of sp³-hybridized carbons (Fsp3) is 0. The minimum absolute atomic E-state index is 0.747. The van der Waals surface area contributed by atoms with Crippen molar-refractivity contribution in [3.63, 3.8) is 0 Å². The number of aromatic nitrogens is 3. The van der Waals surface area contributed by atoms with E-state index in [9.17, 15) is 0 Å². The minimum atomic E-state index is 0.747. The van der Waals surface area contributed by atoms with Gasteiger partial charge in [0.15, 0.2) is 5.82 Å². The van der Waals surface area contributed by atoms with E-state index in [0.29, 0.717) is 0 Å². The Morgan fingerprint density at radius 1 is 0.840 bits per heavy atom. The SMILES string of the molecule is SNc1ccc(Nc2cc(Nc3n[nH]c4ccccc34)ccn2)cc1. The fourth-order valence-electron chi connectivity index (χ4n) is 2.55. The van der Waals surface area contributed by atoms with Crippen LogP contribution in [0.3, 0.4) is 0 Å². The fourth-order valence-corrected chi connectivity index (χ4v) is 2.70. The zero-order valence-corrected chi connectivity index (χ0v) is 14.1. The standard InChI is InChI=1S/C18H16N6S/c25-24-13-7-5-12(6-8-13)20-17-11-14(9-10-19-17)21-18-15-3-1-2-4-16(15)22-23-18/h1-11,24-25H,(H3,19,20,21,22,23).